The average Bonchev–Trinajstić information content (AvgIpc) is 3.01. The summed E-state index contributed by atoms with van der Waals surface area (Å²) in [6.45, 7) is 0.185. The lowest BCUT2D eigenvalue weighted by molar-refractivity contribution is 0.104. The number of phenolic OH excluding ortho intramolecular Hbond substituents is 2. The van der Waals surface area contributed by atoms with Gasteiger partial charge in [0.1, 0.15) is 16.0 Å². The normalized spacial score (nSPS) is 12.8. The predicted octanol–water partition coefficient (Wildman–Crippen LogP) is 4.25. The van der Waals surface area contributed by atoms with Crippen molar-refractivity contribution < 1.29 is 24.5 Å². The Morgan fingerprint density at radius 3 is 2.61 bits per heavy atom. The molecule has 0 bridgehead atoms. The average molecular weight is 442 g/mol. The molecule has 0 aliphatic carbocycles. The molecule has 7 heteroatoms. The first-order valence-corrected chi connectivity index (χ1v) is 8.08. The molecule has 2 aromatic carbocycles. The molecule has 0 fully saturated rings. The van der Waals surface area contributed by atoms with E-state index >= 15 is 0 Å². The first-order valence-electron chi connectivity index (χ1n) is 6.49. The van der Waals surface area contributed by atoms with E-state index in [1.807, 2.05) is 0 Å². The number of ketones is 1. The van der Waals surface area contributed by atoms with Gasteiger partial charge in [-0.05, 0) is 61.7 Å². The molecule has 0 saturated heterocycles. The summed E-state index contributed by atoms with van der Waals surface area (Å²) in [5.74, 6) is 0.404. The largest absolute Gasteiger partial charge is 0.506 e. The second-order valence-electron chi connectivity index (χ2n) is 4.73. The Morgan fingerprint density at radius 1 is 1.09 bits per heavy atom. The molecule has 0 amide bonds. The van der Waals surface area contributed by atoms with Crippen LogP contribution >= 0.6 is 31.9 Å². The number of hydrogen-bond acceptors (Lipinski definition) is 5. The van der Waals surface area contributed by atoms with E-state index in [0.29, 0.717) is 16.0 Å². The lowest BCUT2D eigenvalue weighted by Gasteiger charge is -2.07. The Hall–Kier alpha value is -1.99. The maximum absolute atomic E-state index is 12.3. The van der Waals surface area contributed by atoms with Crippen LogP contribution in [0.15, 0.2) is 39.3 Å². The molecule has 1 aliphatic heterocycles. The lowest BCUT2D eigenvalue weighted by Crippen LogP contribution is -1.96. The summed E-state index contributed by atoms with van der Waals surface area (Å²) in [5, 5.41) is 19.7. The maximum Gasteiger partial charge on any atom is 0.231 e. The van der Waals surface area contributed by atoms with Gasteiger partial charge in [0.25, 0.3) is 0 Å². The Bertz CT molecular complexity index is 830. The molecule has 3 rings (SSSR count). The molecule has 1 aliphatic rings. The van der Waals surface area contributed by atoms with E-state index in [4.69, 9.17) is 9.47 Å². The summed E-state index contributed by atoms with van der Waals surface area (Å²) in [6.07, 6.45) is 2.95. The minimum Gasteiger partial charge on any atom is -0.506 e. The molecule has 0 saturated carbocycles. The van der Waals surface area contributed by atoms with Crippen LogP contribution in [0.5, 0.6) is 23.0 Å². The molecule has 0 spiro atoms. The SMILES string of the molecule is O=C(/C=C/c1ccc2c(c1)OCO2)c1cc(Br)c(O)c(Br)c1O. The van der Waals surface area contributed by atoms with E-state index < -0.39 is 5.78 Å². The van der Waals surface area contributed by atoms with Gasteiger partial charge >= 0.3 is 0 Å². The molecule has 1 heterocycles. The van der Waals surface area contributed by atoms with Crippen LogP contribution in [-0.2, 0) is 0 Å². The third-order valence-electron chi connectivity index (χ3n) is 3.26. The van der Waals surface area contributed by atoms with Crippen molar-refractivity contribution in [3.63, 3.8) is 0 Å². The fraction of sp³-hybridized carbons (Fsp3) is 0.0625. The first-order chi connectivity index (χ1) is 11.0. The monoisotopic (exact) mass is 440 g/mol. The number of halogens is 2. The third-order valence-corrected chi connectivity index (χ3v) is 4.61. The summed E-state index contributed by atoms with van der Waals surface area (Å²) in [6, 6.07) is 6.67. The number of rotatable bonds is 3. The molecular weight excluding hydrogens is 432 g/mol. The topological polar surface area (TPSA) is 76.0 Å². The number of phenols is 2. The van der Waals surface area contributed by atoms with E-state index in [1.165, 1.54) is 12.1 Å². The van der Waals surface area contributed by atoms with Crippen molar-refractivity contribution in [3.05, 3.63) is 50.4 Å². The summed E-state index contributed by atoms with van der Waals surface area (Å²) < 4.78 is 10.9. The van der Waals surface area contributed by atoms with Gasteiger partial charge in [-0.3, -0.25) is 4.79 Å². The molecule has 5 nitrogen and oxygen atoms in total. The number of carbonyl (C=O) groups is 1. The van der Waals surface area contributed by atoms with Gasteiger partial charge in [0.05, 0.1) is 10.0 Å². The van der Waals surface area contributed by atoms with Gasteiger partial charge in [-0.25, -0.2) is 0 Å². The third kappa shape index (κ3) is 3.07. The van der Waals surface area contributed by atoms with Crippen molar-refractivity contribution in [1.82, 2.24) is 0 Å². The van der Waals surface area contributed by atoms with Crippen LogP contribution in [0.3, 0.4) is 0 Å². The number of fused-ring (bicyclic) bond motifs is 1. The first kappa shape index (κ1) is 15.9. The highest BCUT2D eigenvalue weighted by molar-refractivity contribution is 9.11. The molecule has 23 heavy (non-hydrogen) atoms. The van der Waals surface area contributed by atoms with Crippen molar-refractivity contribution in [2.24, 2.45) is 0 Å². The van der Waals surface area contributed by atoms with Crippen molar-refractivity contribution >= 4 is 43.7 Å². The van der Waals surface area contributed by atoms with E-state index in [1.54, 1.807) is 24.3 Å². The van der Waals surface area contributed by atoms with Gasteiger partial charge in [0.15, 0.2) is 17.3 Å². The van der Waals surface area contributed by atoms with Crippen molar-refractivity contribution in [3.8, 4) is 23.0 Å². The van der Waals surface area contributed by atoms with E-state index in [2.05, 4.69) is 31.9 Å². The van der Waals surface area contributed by atoms with Crippen LogP contribution in [0, 0.1) is 0 Å². The Labute approximate surface area is 148 Å². The lowest BCUT2D eigenvalue weighted by atomic mass is 10.1. The fourth-order valence-electron chi connectivity index (χ4n) is 2.06. The highest BCUT2D eigenvalue weighted by Crippen LogP contribution is 2.41. The Balaban J connectivity index is 1.87. The van der Waals surface area contributed by atoms with Crippen molar-refractivity contribution in [1.29, 1.82) is 0 Å². The van der Waals surface area contributed by atoms with E-state index in [0.717, 1.165) is 5.56 Å². The molecule has 0 aromatic heterocycles. The summed E-state index contributed by atoms with van der Waals surface area (Å²) in [4.78, 5) is 12.3. The molecule has 0 atom stereocenters. The zero-order valence-electron chi connectivity index (χ0n) is 11.5. The second kappa shape index (κ2) is 6.25. The number of ether oxygens (including phenoxy) is 2. The van der Waals surface area contributed by atoms with Crippen LogP contribution < -0.4 is 9.47 Å². The highest BCUT2D eigenvalue weighted by atomic mass is 79.9. The fourth-order valence-corrected chi connectivity index (χ4v) is 3.19. The summed E-state index contributed by atoms with van der Waals surface area (Å²) in [5.41, 5.74) is 0.831. The maximum atomic E-state index is 12.3. The van der Waals surface area contributed by atoms with Crippen molar-refractivity contribution in [2.75, 3.05) is 6.79 Å². The molecule has 2 N–H and O–H groups in total. The van der Waals surface area contributed by atoms with Gasteiger partial charge in [0, 0.05) is 0 Å². The number of hydrogen-bond donors (Lipinski definition) is 2. The minimum atomic E-state index is -0.401. The molecule has 2 aromatic rings. The Morgan fingerprint density at radius 2 is 1.83 bits per heavy atom. The van der Waals surface area contributed by atoms with Crippen LogP contribution in [0.4, 0.5) is 0 Å². The number of allylic oxidation sites excluding steroid dienone is 1. The van der Waals surface area contributed by atoms with Gasteiger partial charge in [-0.2, -0.15) is 0 Å². The number of benzene rings is 2. The van der Waals surface area contributed by atoms with Gasteiger partial charge in [-0.15, -0.1) is 0 Å². The quantitative estimate of drug-likeness (QED) is 0.550. The van der Waals surface area contributed by atoms with Gasteiger partial charge in [0.2, 0.25) is 6.79 Å². The van der Waals surface area contributed by atoms with Gasteiger partial charge < -0.3 is 19.7 Å². The standard InChI is InChI=1S/C16H10Br2O5/c17-10-6-9(15(20)14(18)16(10)21)11(19)3-1-8-2-4-12-13(5-8)23-7-22-12/h1-6,20-21H,7H2/b3-1+. The van der Waals surface area contributed by atoms with Crippen molar-refractivity contribution in [2.45, 2.75) is 0 Å². The molecule has 0 radical (unpaired) electrons. The van der Waals surface area contributed by atoms with Gasteiger partial charge in [-0.1, -0.05) is 12.1 Å². The van der Waals surface area contributed by atoms with Crippen LogP contribution in [0.2, 0.25) is 0 Å². The molecule has 118 valence electrons. The predicted molar refractivity (Wildman–Crippen MR) is 91.1 cm³/mol. The highest BCUT2D eigenvalue weighted by Gasteiger charge is 2.18. The Kier molecular flexibility index (Phi) is 4.32. The zero-order valence-corrected chi connectivity index (χ0v) is 14.7. The zero-order chi connectivity index (χ0) is 16.6. The summed E-state index contributed by atoms with van der Waals surface area (Å²) >= 11 is 6.17. The van der Waals surface area contributed by atoms with Crippen LogP contribution in [-0.4, -0.2) is 22.8 Å². The van der Waals surface area contributed by atoms with E-state index in [-0.39, 0.29) is 28.3 Å². The smallest absolute Gasteiger partial charge is 0.231 e. The number of aromatic hydroxyl groups is 2. The van der Waals surface area contributed by atoms with Crippen LogP contribution in [0.1, 0.15) is 15.9 Å². The number of carbonyl (C=O) groups excluding carboxylic acids is 1. The molecular formula is C16H10Br2O5. The minimum absolute atomic E-state index is 0.0618. The molecule has 0 unspecified atom stereocenters. The van der Waals surface area contributed by atoms with Crippen LogP contribution in [0.25, 0.3) is 6.08 Å². The summed E-state index contributed by atoms with van der Waals surface area (Å²) in [7, 11) is 0. The second-order valence-corrected chi connectivity index (χ2v) is 6.37. The van der Waals surface area contributed by atoms with E-state index in [9.17, 15) is 15.0 Å².